The standard InChI is InChI=1S/C36H52O4/c1-3-5-7-9-11-13-15-17-19-27-32(37)39-35-30-25-21-23-29-24-22-26-31(34(29)30)36(35)40-33(38)28-20-18-16-14-12-10-8-6-4-2/h21-26H,3-20,27-28H2,1-2H3. The first-order chi connectivity index (χ1) is 19.7. The smallest absolute Gasteiger partial charge is 0.311 e. The van der Waals surface area contributed by atoms with Gasteiger partial charge in [-0.2, -0.15) is 0 Å². The molecule has 0 bridgehead atoms. The molecule has 4 nitrogen and oxygen atoms in total. The van der Waals surface area contributed by atoms with Crippen LogP contribution in [-0.4, -0.2) is 11.9 Å². The number of rotatable bonds is 22. The Labute approximate surface area is 242 Å². The van der Waals surface area contributed by atoms with E-state index >= 15 is 0 Å². The molecule has 220 valence electrons. The van der Waals surface area contributed by atoms with Crippen LogP contribution < -0.4 is 0 Å². The van der Waals surface area contributed by atoms with E-state index in [1.54, 1.807) is 0 Å². The van der Waals surface area contributed by atoms with Gasteiger partial charge in [0.2, 0.25) is 0 Å². The van der Waals surface area contributed by atoms with Crippen molar-refractivity contribution in [2.45, 2.75) is 142 Å². The molecule has 0 spiro atoms. The summed E-state index contributed by atoms with van der Waals surface area (Å²) in [4.78, 5) is 25.7. The topological polar surface area (TPSA) is 52.6 Å². The van der Waals surface area contributed by atoms with Crippen LogP contribution in [-0.2, 0) is 19.1 Å². The fraction of sp³-hybridized carbons (Fsp3) is 0.611. The summed E-state index contributed by atoms with van der Waals surface area (Å²) in [6.07, 6.45) is 22.4. The Bertz CT molecular complexity index is 1000. The van der Waals surface area contributed by atoms with Crippen molar-refractivity contribution in [2.24, 2.45) is 0 Å². The predicted octanol–water partition coefficient (Wildman–Crippen LogP) is 10.9. The van der Waals surface area contributed by atoms with Crippen molar-refractivity contribution in [1.29, 1.82) is 0 Å². The fourth-order valence-electron chi connectivity index (χ4n) is 5.66. The predicted molar refractivity (Wildman–Crippen MR) is 167 cm³/mol. The lowest BCUT2D eigenvalue weighted by Crippen LogP contribution is -2.08. The molecular formula is C36H52O4. The Morgan fingerprint density at radius 2 is 0.850 bits per heavy atom. The lowest BCUT2D eigenvalue weighted by Gasteiger charge is -2.11. The monoisotopic (exact) mass is 548 g/mol. The summed E-state index contributed by atoms with van der Waals surface area (Å²) in [5.74, 6) is 0.284. The summed E-state index contributed by atoms with van der Waals surface area (Å²) in [5, 5.41) is 2.04. The summed E-state index contributed by atoms with van der Waals surface area (Å²) in [5.41, 5.74) is 1.67. The third kappa shape index (κ3) is 10.4. The van der Waals surface area contributed by atoms with Crippen molar-refractivity contribution >= 4 is 34.2 Å². The molecule has 0 atom stereocenters. The Morgan fingerprint density at radius 3 is 1.23 bits per heavy atom. The lowest BCUT2D eigenvalue weighted by molar-refractivity contribution is -0.139. The Kier molecular flexibility index (Phi) is 14.9. The molecule has 40 heavy (non-hydrogen) atoms. The molecule has 1 aliphatic carbocycles. The number of unbranched alkanes of at least 4 members (excludes halogenated alkanes) is 16. The molecular weight excluding hydrogens is 496 g/mol. The molecule has 2 aromatic carbocycles. The maximum atomic E-state index is 12.9. The second-order valence-electron chi connectivity index (χ2n) is 11.5. The van der Waals surface area contributed by atoms with E-state index < -0.39 is 0 Å². The van der Waals surface area contributed by atoms with Crippen molar-refractivity contribution in [2.75, 3.05) is 0 Å². The van der Waals surface area contributed by atoms with Crippen LogP contribution in [0.4, 0.5) is 0 Å². The van der Waals surface area contributed by atoms with Gasteiger partial charge in [-0.25, -0.2) is 0 Å². The molecule has 0 aliphatic heterocycles. The maximum absolute atomic E-state index is 12.9. The normalized spacial score (nSPS) is 12.3. The van der Waals surface area contributed by atoms with E-state index in [-0.39, 0.29) is 11.9 Å². The van der Waals surface area contributed by atoms with Gasteiger partial charge in [0.25, 0.3) is 0 Å². The molecule has 0 N–H and O–H groups in total. The van der Waals surface area contributed by atoms with Crippen LogP contribution in [0.3, 0.4) is 0 Å². The number of hydrogen-bond donors (Lipinski definition) is 0. The van der Waals surface area contributed by atoms with Crippen molar-refractivity contribution < 1.29 is 19.1 Å². The highest BCUT2D eigenvalue weighted by Gasteiger charge is 2.30. The molecule has 0 amide bonds. The average molecular weight is 549 g/mol. The third-order valence-electron chi connectivity index (χ3n) is 8.00. The van der Waals surface area contributed by atoms with Crippen LogP contribution in [0.2, 0.25) is 0 Å². The molecule has 0 heterocycles. The van der Waals surface area contributed by atoms with Crippen molar-refractivity contribution in [3.8, 4) is 0 Å². The van der Waals surface area contributed by atoms with Crippen molar-refractivity contribution in [3.63, 3.8) is 0 Å². The summed E-state index contributed by atoms with van der Waals surface area (Å²) in [6.45, 7) is 4.48. The zero-order valence-corrected chi connectivity index (χ0v) is 25.2. The summed E-state index contributed by atoms with van der Waals surface area (Å²) in [6, 6.07) is 11.9. The molecule has 2 aromatic rings. The van der Waals surface area contributed by atoms with Gasteiger partial charge in [0, 0.05) is 29.4 Å². The van der Waals surface area contributed by atoms with E-state index in [0.717, 1.165) is 60.4 Å². The lowest BCUT2D eigenvalue weighted by atomic mass is 10.0. The van der Waals surface area contributed by atoms with Crippen LogP contribution in [0.15, 0.2) is 36.4 Å². The molecule has 0 fully saturated rings. The molecule has 1 aliphatic rings. The number of benzene rings is 2. The van der Waals surface area contributed by atoms with E-state index in [1.807, 2.05) is 36.4 Å². The van der Waals surface area contributed by atoms with Crippen LogP contribution in [0, 0.1) is 0 Å². The minimum absolute atomic E-state index is 0.254. The van der Waals surface area contributed by atoms with E-state index in [2.05, 4.69) is 13.8 Å². The number of esters is 2. The molecule has 0 unspecified atom stereocenters. The highest BCUT2D eigenvalue weighted by Crippen LogP contribution is 2.43. The molecule has 3 rings (SSSR count). The van der Waals surface area contributed by atoms with E-state index in [4.69, 9.17) is 9.47 Å². The molecule has 4 heteroatoms. The summed E-state index contributed by atoms with van der Waals surface area (Å²) in [7, 11) is 0. The highest BCUT2D eigenvalue weighted by molar-refractivity contribution is 6.12. The molecule has 0 saturated carbocycles. The van der Waals surface area contributed by atoms with Crippen LogP contribution in [0.5, 0.6) is 0 Å². The first kappa shape index (κ1) is 31.9. The number of carbonyl (C=O) groups is 2. The summed E-state index contributed by atoms with van der Waals surface area (Å²) >= 11 is 0. The molecule has 0 radical (unpaired) electrons. The second-order valence-corrected chi connectivity index (χ2v) is 11.5. The highest BCUT2D eigenvalue weighted by atomic mass is 16.6. The minimum atomic E-state index is -0.254. The number of ether oxygens (including phenoxy) is 2. The van der Waals surface area contributed by atoms with Crippen LogP contribution >= 0.6 is 0 Å². The van der Waals surface area contributed by atoms with Crippen molar-refractivity contribution in [1.82, 2.24) is 0 Å². The maximum Gasteiger partial charge on any atom is 0.311 e. The largest absolute Gasteiger partial charge is 0.422 e. The van der Waals surface area contributed by atoms with Crippen LogP contribution in [0.25, 0.3) is 22.3 Å². The van der Waals surface area contributed by atoms with Gasteiger partial charge in [0.1, 0.15) is 0 Å². The van der Waals surface area contributed by atoms with E-state index in [0.29, 0.717) is 24.4 Å². The van der Waals surface area contributed by atoms with Gasteiger partial charge >= 0.3 is 11.9 Å². The first-order valence-corrected chi connectivity index (χ1v) is 16.3. The van der Waals surface area contributed by atoms with Gasteiger partial charge in [-0.1, -0.05) is 153 Å². The SMILES string of the molecule is CCCCCCCCCCCC(=O)OC1=C(OC(=O)CCCCCCCCCCC)c2cccc3cccc1c23. The van der Waals surface area contributed by atoms with E-state index in [9.17, 15) is 9.59 Å². The molecule has 0 saturated heterocycles. The van der Waals surface area contributed by atoms with Gasteiger partial charge in [0.05, 0.1) is 0 Å². The van der Waals surface area contributed by atoms with Gasteiger partial charge in [-0.05, 0) is 18.2 Å². The minimum Gasteiger partial charge on any atom is -0.422 e. The first-order valence-electron chi connectivity index (χ1n) is 16.3. The van der Waals surface area contributed by atoms with Crippen LogP contribution in [0.1, 0.15) is 153 Å². The third-order valence-corrected chi connectivity index (χ3v) is 8.00. The van der Waals surface area contributed by atoms with Gasteiger partial charge in [-0.3, -0.25) is 9.59 Å². The molecule has 0 aromatic heterocycles. The summed E-state index contributed by atoms with van der Waals surface area (Å²) < 4.78 is 11.9. The van der Waals surface area contributed by atoms with Gasteiger partial charge in [-0.15, -0.1) is 0 Å². The Morgan fingerprint density at radius 1 is 0.500 bits per heavy atom. The number of hydrogen-bond acceptors (Lipinski definition) is 4. The second kappa shape index (κ2) is 18.7. The Balaban J connectivity index is 1.50. The number of carbonyl (C=O) groups excluding carboxylic acids is 2. The van der Waals surface area contributed by atoms with Crippen molar-refractivity contribution in [3.05, 3.63) is 47.5 Å². The zero-order chi connectivity index (χ0) is 28.4. The Hall–Kier alpha value is -2.62. The quantitative estimate of drug-likeness (QED) is 0.108. The van der Waals surface area contributed by atoms with Gasteiger partial charge < -0.3 is 9.47 Å². The average Bonchev–Trinajstić information content (AvgIpc) is 3.24. The van der Waals surface area contributed by atoms with Gasteiger partial charge in [0.15, 0.2) is 11.5 Å². The fourth-order valence-corrected chi connectivity index (χ4v) is 5.66. The zero-order valence-electron chi connectivity index (χ0n) is 25.2. The van der Waals surface area contributed by atoms with E-state index in [1.165, 1.54) is 77.0 Å².